The van der Waals surface area contributed by atoms with Gasteiger partial charge in [-0.2, -0.15) is 0 Å². The van der Waals surface area contributed by atoms with Crippen LogP contribution in [0.15, 0.2) is 12.1 Å². The molecule has 1 aliphatic rings. The molecule has 5 nitrogen and oxygen atoms in total. The first-order valence-corrected chi connectivity index (χ1v) is 6.26. The lowest BCUT2D eigenvalue weighted by atomic mass is 9.99. The highest BCUT2D eigenvalue weighted by Crippen LogP contribution is 2.31. The number of morpholine rings is 1. The summed E-state index contributed by atoms with van der Waals surface area (Å²) in [7, 11) is 3.13. The highest BCUT2D eigenvalue weighted by molar-refractivity contribution is 6.01. The van der Waals surface area contributed by atoms with Gasteiger partial charge in [-0.15, -0.1) is 0 Å². The summed E-state index contributed by atoms with van der Waals surface area (Å²) >= 11 is 0. The lowest BCUT2D eigenvalue weighted by Gasteiger charge is -2.23. The Balaban J connectivity index is 2.30. The second kappa shape index (κ2) is 6.04. The summed E-state index contributed by atoms with van der Waals surface area (Å²) in [6.45, 7) is 3.77. The summed E-state index contributed by atoms with van der Waals surface area (Å²) in [6.07, 6.45) is -0.425. The van der Waals surface area contributed by atoms with Crippen molar-refractivity contribution in [3.05, 3.63) is 23.3 Å². The Kier molecular flexibility index (Phi) is 4.39. The van der Waals surface area contributed by atoms with E-state index >= 15 is 0 Å². The lowest BCUT2D eigenvalue weighted by molar-refractivity contribution is 0.0268. The van der Waals surface area contributed by atoms with Gasteiger partial charge in [-0.05, 0) is 24.6 Å². The van der Waals surface area contributed by atoms with Gasteiger partial charge >= 0.3 is 0 Å². The van der Waals surface area contributed by atoms with Crippen LogP contribution in [0.2, 0.25) is 0 Å². The van der Waals surface area contributed by atoms with Gasteiger partial charge in [0.2, 0.25) is 0 Å². The van der Waals surface area contributed by atoms with Gasteiger partial charge < -0.3 is 19.5 Å². The molecule has 2 rings (SSSR count). The van der Waals surface area contributed by atoms with Crippen LogP contribution in [-0.4, -0.2) is 45.8 Å². The SMILES string of the molecule is COc1cc(C)c(C(=O)C2CNCCO2)cc1OC. The number of Topliss-reactive ketones (excluding diaryl/α,β-unsaturated/α-hetero) is 1. The van der Waals surface area contributed by atoms with Crippen molar-refractivity contribution in [3.63, 3.8) is 0 Å². The summed E-state index contributed by atoms with van der Waals surface area (Å²) in [6, 6.07) is 3.52. The Labute approximate surface area is 112 Å². The number of benzene rings is 1. The first-order valence-electron chi connectivity index (χ1n) is 6.26. The van der Waals surface area contributed by atoms with Crippen LogP contribution < -0.4 is 14.8 Å². The lowest BCUT2D eigenvalue weighted by Crippen LogP contribution is -2.43. The van der Waals surface area contributed by atoms with Crippen molar-refractivity contribution >= 4 is 5.78 Å². The van der Waals surface area contributed by atoms with Crippen molar-refractivity contribution in [1.29, 1.82) is 0 Å². The first-order chi connectivity index (χ1) is 9.17. The average Bonchev–Trinajstić information content (AvgIpc) is 2.47. The van der Waals surface area contributed by atoms with Gasteiger partial charge in [-0.1, -0.05) is 0 Å². The van der Waals surface area contributed by atoms with Crippen LogP contribution in [-0.2, 0) is 4.74 Å². The highest BCUT2D eigenvalue weighted by Gasteiger charge is 2.25. The zero-order valence-corrected chi connectivity index (χ0v) is 11.5. The summed E-state index contributed by atoms with van der Waals surface area (Å²) in [5.41, 5.74) is 1.48. The molecule has 1 N–H and O–H groups in total. The quantitative estimate of drug-likeness (QED) is 0.829. The molecule has 5 heteroatoms. The third kappa shape index (κ3) is 2.88. The third-order valence-electron chi connectivity index (χ3n) is 3.22. The molecule has 0 saturated carbocycles. The van der Waals surface area contributed by atoms with Crippen molar-refractivity contribution in [2.24, 2.45) is 0 Å². The monoisotopic (exact) mass is 265 g/mol. The zero-order chi connectivity index (χ0) is 13.8. The number of methoxy groups -OCH3 is 2. The first kappa shape index (κ1) is 13.8. The van der Waals surface area contributed by atoms with Gasteiger partial charge in [0.25, 0.3) is 0 Å². The van der Waals surface area contributed by atoms with Crippen LogP contribution in [0, 0.1) is 6.92 Å². The fourth-order valence-corrected chi connectivity index (χ4v) is 2.15. The minimum Gasteiger partial charge on any atom is -0.493 e. The molecule has 0 aliphatic carbocycles. The second-order valence-electron chi connectivity index (χ2n) is 4.45. The van der Waals surface area contributed by atoms with E-state index in [0.29, 0.717) is 30.2 Å². The summed E-state index contributed by atoms with van der Waals surface area (Å²) < 4.78 is 15.9. The third-order valence-corrected chi connectivity index (χ3v) is 3.22. The number of rotatable bonds is 4. The molecule has 1 atom stereocenters. The van der Waals surface area contributed by atoms with Crippen molar-refractivity contribution < 1.29 is 19.0 Å². The molecule has 19 heavy (non-hydrogen) atoms. The Hall–Kier alpha value is -1.59. The molecule has 0 aromatic heterocycles. The van der Waals surface area contributed by atoms with Crippen LogP contribution >= 0.6 is 0 Å². The van der Waals surface area contributed by atoms with Crippen LogP contribution in [0.5, 0.6) is 11.5 Å². The molecule has 104 valence electrons. The van der Waals surface area contributed by atoms with E-state index in [2.05, 4.69) is 5.32 Å². The standard InChI is InChI=1S/C14H19NO4/c1-9-6-11(17-2)12(18-3)7-10(9)14(16)13-8-15-4-5-19-13/h6-7,13,15H,4-5,8H2,1-3H3. The Morgan fingerprint density at radius 2 is 2.00 bits per heavy atom. The van der Waals surface area contributed by atoms with Crippen molar-refractivity contribution in [2.75, 3.05) is 33.9 Å². The van der Waals surface area contributed by atoms with E-state index in [1.807, 2.05) is 13.0 Å². The van der Waals surface area contributed by atoms with Crippen molar-refractivity contribution in [3.8, 4) is 11.5 Å². The normalized spacial score (nSPS) is 19.0. The maximum atomic E-state index is 12.4. The van der Waals surface area contributed by atoms with Gasteiger partial charge in [-0.3, -0.25) is 4.79 Å². The van der Waals surface area contributed by atoms with Gasteiger partial charge in [0.1, 0.15) is 6.10 Å². The number of carbonyl (C=O) groups is 1. The molecule has 0 spiro atoms. The molecule has 0 bridgehead atoms. The minimum atomic E-state index is -0.425. The summed E-state index contributed by atoms with van der Waals surface area (Å²) in [5.74, 6) is 1.16. The molecule has 0 amide bonds. The fourth-order valence-electron chi connectivity index (χ4n) is 2.15. The second-order valence-corrected chi connectivity index (χ2v) is 4.45. The largest absolute Gasteiger partial charge is 0.493 e. The number of aryl methyl sites for hydroxylation is 1. The van der Waals surface area contributed by atoms with Crippen LogP contribution in [0.4, 0.5) is 0 Å². The van der Waals surface area contributed by atoms with Crippen molar-refractivity contribution in [1.82, 2.24) is 5.32 Å². The van der Waals surface area contributed by atoms with E-state index in [1.54, 1.807) is 20.3 Å². The fraction of sp³-hybridized carbons (Fsp3) is 0.500. The van der Waals surface area contributed by atoms with Crippen LogP contribution in [0.3, 0.4) is 0 Å². The molecule has 1 fully saturated rings. The van der Waals surface area contributed by atoms with Gasteiger partial charge in [0.05, 0.1) is 20.8 Å². The number of carbonyl (C=O) groups excluding carboxylic acids is 1. The number of ketones is 1. The van der Waals surface area contributed by atoms with E-state index in [1.165, 1.54) is 0 Å². The maximum absolute atomic E-state index is 12.4. The number of nitrogens with one attached hydrogen (secondary N) is 1. The number of ether oxygens (including phenoxy) is 3. The number of hydrogen-bond donors (Lipinski definition) is 1. The van der Waals surface area contributed by atoms with E-state index in [-0.39, 0.29) is 5.78 Å². The molecule has 1 saturated heterocycles. The summed E-state index contributed by atoms with van der Waals surface area (Å²) in [4.78, 5) is 12.4. The molecular weight excluding hydrogens is 246 g/mol. The maximum Gasteiger partial charge on any atom is 0.193 e. The van der Waals surface area contributed by atoms with Crippen LogP contribution in [0.1, 0.15) is 15.9 Å². The predicted molar refractivity (Wildman–Crippen MR) is 71.2 cm³/mol. The Morgan fingerprint density at radius 1 is 1.32 bits per heavy atom. The minimum absolute atomic E-state index is 0.0225. The van der Waals surface area contributed by atoms with Crippen LogP contribution in [0.25, 0.3) is 0 Å². The predicted octanol–water partition coefficient (Wildman–Crippen LogP) is 1.18. The van der Waals surface area contributed by atoms with E-state index in [4.69, 9.17) is 14.2 Å². The Morgan fingerprint density at radius 3 is 2.58 bits per heavy atom. The Bertz CT molecular complexity index is 467. The number of hydrogen-bond acceptors (Lipinski definition) is 5. The van der Waals surface area contributed by atoms with E-state index < -0.39 is 6.10 Å². The molecule has 0 radical (unpaired) electrons. The van der Waals surface area contributed by atoms with E-state index in [0.717, 1.165) is 12.1 Å². The van der Waals surface area contributed by atoms with E-state index in [9.17, 15) is 4.79 Å². The molecule has 1 aromatic carbocycles. The average molecular weight is 265 g/mol. The summed E-state index contributed by atoms with van der Waals surface area (Å²) in [5, 5.41) is 3.15. The molecular formula is C14H19NO4. The van der Waals surface area contributed by atoms with Gasteiger partial charge in [0.15, 0.2) is 17.3 Å². The van der Waals surface area contributed by atoms with Crippen molar-refractivity contribution in [2.45, 2.75) is 13.0 Å². The smallest absolute Gasteiger partial charge is 0.193 e. The molecule has 1 unspecified atom stereocenters. The topological polar surface area (TPSA) is 56.8 Å². The highest BCUT2D eigenvalue weighted by atomic mass is 16.5. The van der Waals surface area contributed by atoms with Gasteiger partial charge in [-0.25, -0.2) is 0 Å². The molecule has 1 heterocycles. The zero-order valence-electron chi connectivity index (χ0n) is 11.5. The van der Waals surface area contributed by atoms with Gasteiger partial charge in [0, 0.05) is 18.7 Å². The molecule has 1 aromatic rings. The molecule has 1 aliphatic heterocycles.